The fourth-order valence-corrected chi connectivity index (χ4v) is 3.40. The van der Waals surface area contributed by atoms with E-state index in [-0.39, 0.29) is 5.97 Å². The van der Waals surface area contributed by atoms with Gasteiger partial charge in [0, 0.05) is 22.4 Å². The Morgan fingerprint density at radius 1 is 0.839 bits per heavy atom. The van der Waals surface area contributed by atoms with E-state index in [1.54, 1.807) is 38.3 Å². The van der Waals surface area contributed by atoms with Gasteiger partial charge in [0.2, 0.25) is 0 Å². The van der Waals surface area contributed by atoms with Crippen molar-refractivity contribution in [2.24, 2.45) is 0 Å². The normalized spacial score (nSPS) is 10.7. The number of fused-ring (bicyclic) bond motifs is 1. The lowest BCUT2D eigenvalue weighted by Crippen LogP contribution is -2.05. The topological polar surface area (TPSA) is 44.8 Å². The summed E-state index contributed by atoms with van der Waals surface area (Å²) >= 11 is 6.08. The maximum atomic E-state index is 11.5. The number of ether oxygens (including phenoxy) is 3. The predicted octanol–water partition coefficient (Wildman–Crippen LogP) is 7.28. The Morgan fingerprint density at radius 3 is 2.19 bits per heavy atom. The second-order valence-electron chi connectivity index (χ2n) is 6.94. The second-order valence-corrected chi connectivity index (χ2v) is 7.37. The maximum Gasteiger partial charge on any atom is 0.310 e. The smallest absolute Gasteiger partial charge is 0.310 e. The lowest BCUT2D eigenvalue weighted by Gasteiger charge is -2.16. The first-order valence-electron chi connectivity index (χ1n) is 9.92. The Bertz CT molecular complexity index is 1210. The van der Waals surface area contributed by atoms with Crippen LogP contribution in [-0.4, -0.2) is 13.1 Å². The van der Waals surface area contributed by atoms with Gasteiger partial charge in [-0.3, -0.25) is 4.79 Å². The lowest BCUT2D eigenvalue weighted by atomic mass is 9.99. The number of hydrogen-bond acceptors (Lipinski definition) is 4. The van der Waals surface area contributed by atoms with Crippen molar-refractivity contribution in [2.75, 3.05) is 7.11 Å². The third-order valence-electron chi connectivity index (χ3n) is 4.90. The van der Waals surface area contributed by atoms with Crippen LogP contribution in [0.2, 0.25) is 5.02 Å². The molecule has 0 spiro atoms. The predicted molar refractivity (Wildman–Crippen MR) is 123 cm³/mol. The highest BCUT2D eigenvalue weighted by atomic mass is 35.5. The standard InChI is InChI=1S/C26H21ClO4/c1-3-25(28)30-20-9-11-21(12-10-20)31-26-23(17-4-7-19(27)8-5-17)14-6-18-16-22(29-2)13-15-24(18)26/h4-16H,3H2,1-2H3. The summed E-state index contributed by atoms with van der Waals surface area (Å²) in [5, 5.41) is 2.63. The number of carbonyl (C=O) groups excluding carboxylic acids is 1. The van der Waals surface area contributed by atoms with Gasteiger partial charge in [-0.2, -0.15) is 0 Å². The van der Waals surface area contributed by atoms with Crippen LogP contribution in [0.4, 0.5) is 0 Å². The fourth-order valence-electron chi connectivity index (χ4n) is 3.27. The second kappa shape index (κ2) is 9.11. The fraction of sp³-hybridized carbons (Fsp3) is 0.115. The number of hydrogen-bond donors (Lipinski definition) is 0. The van der Waals surface area contributed by atoms with E-state index in [1.165, 1.54) is 0 Å². The molecule has 4 rings (SSSR count). The van der Waals surface area contributed by atoms with Gasteiger partial charge in [-0.25, -0.2) is 0 Å². The average Bonchev–Trinajstić information content (AvgIpc) is 2.80. The number of benzene rings is 4. The van der Waals surface area contributed by atoms with E-state index < -0.39 is 0 Å². The van der Waals surface area contributed by atoms with E-state index in [1.807, 2.05) is 54.6 Å². The zero-order valence-electron chi connectivity index (χ0n) is 17.2. The van der Waals surface area contributed by atoms with Gasteiger partial charge in [-0.05, 0) is 71.6 Å². The van der Waals surface area contributed by atoms with Gasteiger partial charge in [0.25, 0.3) is 0 Å². The van der Waals surface area contributed by atoms with Crippen molar-refractivity contribution in [3.05, 3.63) is 83.9 Å². The summed E-state index contributed by atoms with van der Waals surface area (Å²) in [5.74, 6) is 2.34. The van der Waals surface area contributed by atoms with Crippen molar-refractivity contribution in [2.45, 2.75) is 13.3 Å². The first kappa shape index (κ1) is 20.8. The molecule has 0 atom stereocenters. The molecule has 0 aliphatic heterocycles. The molecular formula is C26H21ClO4. The Hall–Kier alpha value is -3.50. The van der Waals surface area contributed by atoms with E-state index in [0.717, 1.165) is 33.4 Å². The summed E-state index contributed by atoms with van der Waals surface area (Å²) in [7, 11) is 1.65. The van der Waals surface area contributed by atoms with Crippen molar-refractivity contribution < 1.29 is 19.0 Å². The summed E-state index contributed by atoms with van der Waals surface area (Å²) in [6.45, 7) is 1.76. The molecule has 0 fully saturated rings. The molecular weight excluding hydrogens is 412 g/mol. The SMILES string of the molecule is CCC(=O)Oc1ccc(Oc2c(-c3ccc(Cl)cc3)ccc3cc(OC)ccc23)cc1. The first-order chi connectivity index (χ1) is 15.1. The van der Waals surface area contributed by atoms with Crippen molar-refractivity contribution in [1.29, 1.82) is 0 Å². The van der Waals surface area contributed by atoms with Gasteiger partial charge in [-0.15, -0.1) is 0 Å². The summed E-state index contributed by atoms with van der Waals surface area (Å²) < 4.78 is 17.0. The Labute approximate surface area is 185 Å². The summed E-state index contributed by atoms with van der Waals surface area (Å²) in [4.78, 5) is 11.5. The van der Waals surface area contributed by atoms with Crippen LogP contribution in [0.15, 0.2) is 78.9 Å². The van der Waals surface area contributed by atoms with Crippen LogP contribution in [0.25, 0.3) is 21.9 Å². The third kappa shape index (κ3) is 4.65. The lowest BCUT2D eigenvalue weighted by molar-refractivity contribution is -0.134. The molecule has 0 radical (unpaired) electrons. The van der Waals surface area contributed by atoms with Crippen LogP contribution in [-0.2, 0) is 4.79 Å². The van der Waals surface area contributed by atoms with Crippen molar-refractivity contribution in [3.63, 3.8) is 0 Å². The van der Waals surface area contributed by atoms with Gasteiger partial charge in [0.15, 0.2) is 0 Å². The van der Waals surface area contributed by atoms with Gasteiger partial charge in [-0.1, -0.05) is 36.7 Å². The average molecular weight is 433 g/mol. The van der Waals surface area contributed by atoms with E-state index in [2.05, 4.69) is 0 Å². The molecule has 0 heterocycles. The molecule has 0 aliphatic rings. The summed E-state index contributed by atoms with van der Waals surface area (Å²) in [6.07, 6.45) is 0.322. The highest BCUT2D eigenvalue weighted by molar-refractivity contribution is 6.30. The van der Waals surface area contributed by atoms with Gasteiger partial charge in [0.05, 0.1) is 7.11 Å². The monoisotopic (exact) mass is 432 g/mol. The van der Waals surface area contributed by atoms with Crippen molar-refractivity contribution in [1.82, 2.24) is 0 Å². The summed E-state index contributed by atoms with van der Waals surface area (Å²) in [5.41, 5.74) is 1.93. The molecule has 0 aromatic heterocycles. The van der Waals surface area contributed by atoms with E-state index >= 15 is 0 Å². The minimum Gasteiger partial charge on any atom is -0.497 e. The molecule has 156 valence electrons. The van der Waals surface area contributed by atoms with Gasteiger partial charge in [0.1, 0.15) is 23.0 Å². The van der Waals surface area contributed by atoms with Crippen LogP contribution >= 0.6 is 11.6 Å². The van der Waals surface area contributed by atoms with Crippen LogP contribution in [0.5, 0.6) is 23.0 Å². The zero-order chi connectivity index (χ0) is 21.8. The quantitative estimate of drug-likeness (QED) is 0.237. The third-order valence-corrected chi connectivity index (χ3v) is 5.15. The van der Waals surface area contributed by atoms with Crippen molar-refractivity contribution in [3.8, 4) is 34.1 Å². The number of rotatable bonds is 6. The molecule has 0 bridgehead atoms. The Balaban J connectivity index is 1.77. The first-order valence-corrected chi connectivity index (χ1v) is 10.3. The molecule has 0 unspecified atom stereocenters. The summed E-state index contributed by atoms with van der Waals surface area (Å²) in [6, 6.07) is 24.6. The zero-order valence-corrected chi connectivity index (χ0v) is 18.0. The highest BCUT2D eigenvalue weighted by Gasteiger charge is 2.14. The minimum absolute atomic E-state index is 0.276. The molecule has 31 heavy (non-hydrogen) atoms. The molecule has 0 saturated carbocycles. The highest BCUT2D eigenvalue weighted by Crippen LogP contribution is 2.41. The van der Waals surface area contributed by atoms with E-state index in [0.29, 0.717) is 22.9 Å². The Kier molecular flexibility index (Phi) is 6.10. The molecule has 0 amide bonds. The van der Waals surface area contributed by atoms with Gasteiger partial charge >= 0.3 is 5.97 Å². The van der Waals surface area contributed by atoms with Crippen LogP contribution in [0.3, 0.4) is 0 Å². The largest absolute Gasteiger partial charge is 0.497 e. The van der Waals surface area contributed by atoms with E-state index in [4.69, 9.17) is 25.8 Å². The van der Waals surface area contributed by atoms with Crippen molar-refractivity contribution >= 4 is 28.3 Å². The number of methoxy groups -OCH3 is 1. The minimum atomic E-state index is -0.276. The molecule has 0 aliphatic carbocycles. The number of esters is 1. The molecule has 0 saturated heterocycles. The molecule has 4 nitrogen and oxygen atoms in total. The number of carbonyl (C=O) groups is 1. The van der Waals surface area contributed by atoms with Crippen LogP contribution < -0.4 is 14.2 Å². The Morgan fingerprint density at radius 2 is 1.52 bits per heavy atom. The van der Waals surface area contributed by atoms with Crippen LogP contribution in [0.1, 0.15) is 13.3 Å². The van der Waals surface area contributed by atoms with E-state index in [9.17, 15) is 4.79 Å². The molecule has 4 aromatic carbocycles. The molecule has 5 heteroatoms. The van der Waals surface area contributed by atoms with Crippen LogP contribution in [0, 0.1) is 0 Å². The molecule has 0 N–H and O–H groups in total. The maximum absolute atomic E-state index is 11.5. The number of halogens is 1. The van der Waals surface area contributed by atoms with Gasteiger partial charge < -0.3 is 14.2 Å². The molecule has 4 aromatic rings.